The lowest BCUT2D eigenvalue weighted by Crippen LogP contribution is -2.18. The van der Waals surface area contributed by atoms with Crippen LogP contribution in [0.5, 0.6) is 0 Å². The molecule has 0 saturated heterocycles. The van der Waals surface area contributed by atoms with E-state index in [1.165, 1.54) is 64.6 Å². The van der Waals surface area contributed by atoms with Gasteiger partial charge in [0.15, 0.2) is 0 Å². The van der Waals surface area contributed by atoms with E-state index in [0.717, 1.165) is 22.2 Å². The molecule has 3 heterocycles. The second-order valence-corrected chi connectivity index (χ2v) is 13.2. The van der Waals surface area contributed by atoms with Gasteiger partial charge in [-0.3, -0.25) is 0 Å². The molecule has 41 heavy (non-hydrogen) atoms. The second-order valence-electron chi connectivity index (χ2n) is 10.3. The molecule has 3 aromatic carbocycles. The largest absolute Gasteiger partial charge is 0.172 e. The summed E-state index contributed by atoms with van der Waals surface area (Å²) >= 11 is 4.84. The number of hydrogen-bond donors (Lipinski definition) is 0. The van der Waals surface area contributed by atoms with E-state index >= 15 is 0 Å². The molecule has 1 unspecified atom stereocenters. The Kier molecular flexibility index (Phi) is 6.15. The van der Waals surface area contributed by atoms with Gasteiger partial charge in [-0.2, -0.15) is 8.75 Å². The van der Waals surface area contributed by atoms with Crippen LogP contribution in [0.15, 0.2) is 72.8 Å². The third-order valence-electron chi connectivity index (χ3n) is 7.65. The van der Waals surface area contributed by atoms with Crippen molar-refractivity contribution in [3.63, 3.8) is 0 Å². The minimum atomic E-state index is -0.482. The highest BCUT2D eigenvalue weighted by atomic mass is 32.1. The van der Waals surface area contributed by atoms with Crippen LogP contribution in [-0.4, -0.2) is 8.75 Å². The van der Waals surface area contributed by atoms with Crippen LogP contribution < -0.4 is 0 Å². The highest BCUT2D eigenvalue weighted by Gasteiger charge is 2.38. The first-order chi connectivity index (χ1) is 20.0. The van der Waals surface area contributed by atoms with Crippen LogP contribution >= 0.6 is 34.4 Å². The van der Waals surface area contributed by atoms with Crippen LogP contribution in [0.1, 0.15) is 28.5 Å². The molecule has 0 saturated carbocycles. The van der Waals surface area contributed by atoms with Gasteiger partial charge in [0.1, 0.15) is 11.0 Å². The molecule has 0 fully saturated rings. The van der Waals surface area contributed by atoms with Gasteiger partial charge in [-0.05, 0) is 103 Å². The van der Waals surface area contributed by atoms with Crippen molar-refractivity contribution < 1.29 is 0 Å². The zero-order valence-electron chi connectivity index (χ0n) is 22.6. The lowest BCUT2D eigenvalue weighted by Gasteiger charge is -2.21. The van der Waals surface area contributed by atoms with Crippen molar-refractivity contribution in [1.82, 2.24) is 8.75 Å². The number of benzene rings is 3. The van der Waals surface area contributed by atoms with Gasteiger partial charge < -0.3 is 0 Å². The Labute approximate surface area is 252 Å². The smallest absolute Gasteiger partial charge is 0.114 e. The summed E-state index contributed by atoms with van der Waals surface area (Å²) in [7, 11) is 0. The van der Waals surface area contributed by atoms with Gasteiger partial charge >= 0.3 is 0 Å². The van der Waals surface area contributed by atoms with Gasteiger partial charge in [0.05, 0.1) is 17.1 Å². The number of hydrogen-bond acceptors (Lipinski definition) is 5. The third kappa shape index (κ3) is 4.21. The van der Waals surface area contributed by atoms with E-state index in [9.17, 15) is 0 Å². The minimum absolute atomic E-state index is 0.482. The maximum absolute atomic E-state index is 5.32. The molecular weight excluding hydrogens is 557 g/mol. The van der Waals surface area contributed by atoms with Crippen molar-refractivity contribution >= 4 is 45.4 Å². The van der Waals surface area contributed by atoms with E-state index in [-0.39, 0.29) is 0 Å². The van der Waals surface area contributed by atoms with E-state index in [0.29, 0.717) is 0 Å². The van der Waals surface area contributed by atoms with E-state index < -0.39 is 5.41 Å². The molecule has 6 aromatic rings. The molecule has 0 amide bonds. The molecule has 0 bridgehead atoms. The number of rotatable bonds is 3. The molecule has 0 aliphatic heterocycles. The first-order valence-corrected chi connectivity index (χ1v) is 15.5. The Bertz CT molecular complexity index is 2180. The van der Waals surface area contributed by atoms with Crippen LogP contribution in [-0.2, 0) is 5.41 Å². The van der Waals surface area contributed by atoms with Gasteiger partial charge in [0.25, 0.3) is 0 Å². The predicted molar refractivity (Wildman–Crippen MR) is 175 cm³/mol. The Morgan fingerprint density at radius 1 is 0.659 bits per heavy atom. The highest BCUT2D eigenvalue weighted by Crippen LogP contribution is 2.50. The first-order valence-electron chi connectivity index (χ1n) is 13.1. The van der Waals surface area contributed by atoms with Crippen molar-refractivity contribution in [2.45, 2.75) is 26.2 Å². The van der Waals surface area contributed by atoms with E-state index in [4.69, 9.17) is 10.8 Å². The Morgan fingerprint density at radius 3 is 2.00 bits per heavy atom. The van der Waals surface area contributed by atoms with Crippen molar-refractivity contribution in [2.75, 3.05) is 0 Å². The Balaban J connectivity index is 1.31. The highest BCUT2D eigenvalue weighted by molar-refractivity contribution is 7.19. The fraction of sp³-hybridized carbons (Fsp3) is 0.111. The summed E-state index contributed by atoms with van der Waals surface area (Å²) in [4.78, 5) is 4.90. The SMILES string of the molecule is C#CC#CC#CC1(C)c2cc(C)ccc2-c2ccc(-c3ccc(-c4ccc(-c5ccc(C)s5)c5nsnc45)s3)cc21. The molecular formula is C36H22N2S3. The van der Waals surface area contributed by atoms with Crippen LogP contribution in [0, 0.1) is 49.9 Å². The predicted octanol–water partition coefficient (Wildman–Crippen LogP) is 9.36. The van der Waals surface area contributed by atoms with Gasteiger partial charge in [-0.15, -0.1) is 29.1 Å². The number of aryl methyl sites for hydroxylation is 2. The summed E-state index contributed by atoms with van der Waals surface area (Å²) in [5.41, 5.74) is 11.0. The molecule has 1 atom stereocenters. The lowest BCUT2D eigenvalue weighted by atomic mass is 9.80. The topological polar surface area (TPSA) is 25.8 Å². The third-order valence-corrected chi connectivity index (χ3v) is 10.4. The minimum Gasteiger partial charge on any atom is -0.172 e. The molecule has 1 aliphatic rings. The zero-order valence-corrected chi connectivity index (χ0v) is 25.1. The average Bonchev–Trinajstić information content (AvgIpc) is 3.78. The number of thiophene rings is 2. The standard InChI is InChI=1S/C36H22N2S3/c1-5-6-7-8-19-36(4)29-20-22(2)9-12-25(29)26-13-11-24(21-30(26)36)31-17-18-33(40-31)28-15-14-27(32-16-10-23(3)39-32)34-35(28)38-41-37-34/h1,9-18,20-21H,2-4H3. The summed E-state index contributed by atoms with van der Waals surface area (Å²) in [5.74, 6) is 14.3. The van der Waals surface area contributed by atoms with Gasteiger partial charge in [-0.1, -0.05) is 53.9 Å². The van der Waals surface area contributed by atoms with Gasteiger partial charge in [0, 0.05) is 30.6 Å². The Morgan fingerprint density at radius 2 is 1.29 bits per heavy atom. The van der Waals surface area contributed by atoms with Gasteiger partial charge in [0.2, 0.25) is 0 Å². The molecule has 5 heteroatoms. The number of fused-ring (bicyclic) bond motifs is 4. The molecule has 0 N–H and O–H groups in total. The van der Waals surface area contributed by atoms with E-state index in [1.807, 2.05) is 0 Å². The summed E-state index contributed by atoms with van der Waals surface area (Å²) < 4.78 is 9.39. The summed E-state index contributed by atoms with van der Waals surface area (Å²) in [5, 5.41) is 0. The van der Waals surface area contributed by atoms with Gasteiger partial charge in [-0.25, -0.2) is 0 Å². The number of nitrogens with zero attached hydrogens (tertiary/aromatic N) is 2. The quantitative estimate of drug-likeness (QED) is 0.196. The van der Waals surface area contributed by atoms with Crippen molar-refractivity contribution in [3.8, 4) is 78.5 Å². The summed E-state index contributed by atoms with van der Waals surface area (Å²) in [6.07, 6.45) is 5.32. The maximum atomic E-state index is 5.32. The molecule has 2 nitrogen and oxygen atoms in total. The molecule has 3 aromatic heterocycles. The average molecular weight is 579 g/mol. The zero-order chi connectivity index (χ0) is 28.1. The van der Waals surface area contributed by atoms with Crippen LogP contribution in [0.4, 0.5) is 0 Å². The first kappa shape index (κ1) is 25.5. The monoisotopic (exact) mass is 578 g/mol. The molecule has 194 valence electrons. The van der Waals surface area contributed by atoms with E-state index in [1.54, 1.807) is 22.7 Å². The molecule has 7 rings (SSSR count). The van der Waals surface area contributed by atoms with Crippen molar-refractivity contribution in [2.24, 2.45) is 0 Å². The van der Waals surface area contributed by atoms with E-state index in [2.05, 4.69) is 128 Å². The molecule has 0 spiro atoms. The maximum Gasteiger partial charge on any atom is 0.114 e. The normalized spacial score (nSPS) is 14.9. The molecule has 0 radical (unpaired) electrons. The van der Waals surface area contributed by atoms with Crippen LogP contribution in [0.3, 0.4) is 0 Å². The number of terminal acetylenes is 1. The van der Waals surface area contributed by atoms with Crippen LogP contribution in [0.25, 0.3) is 53.5 Å². The Hall–Kier alpha value is -4.44. The second kappa shape index (κ2) is 9.88. The molecule has 1 aliphatic carbocycles. The lowest BCUT2D eigenvalue weighted by molar-refractivity contribution is 0.778. The van der Waals surface area contributed by atoms with Crippen molar-refractivity contribution in [1.29, 1.82) is 0 Å². The van der Waals surface area contributed by atoms with Crippen LogP contribution in [0.2, 0.25) is 0 Å². The fourth-order valence-corrected chi connectivity index (χ4v) is 8.13. The van der Waals surface area contributed by atoms with Crippen molar-refractivity contribution in [3.05, 3.63) is 94.4 Å². The fourth-order valence-electron chi connectivity index (χ4n) is 5.64. The summed E-state index contributed by atoms with van der Waals surface area (Å²) in [6, 6.07) is 26.5. The number of aromatic nitrogens is 2. The summed E-state index contributed by atoms with van der Waals surface area (Å²) in [6.45, 7) is 6.44.